The molecule has 0 aromatic heterocycles. The van der Waals surface area contributed by atoms with Crippen molar-refractivity contribution in [2.24, 2.45) is 0 Å². The lowest BCUT2D eigenvalue weighted by Crippen LogP contribution is -2.21. The van der Waals surface area contributed by atoms with Crippen LogP contribution in [0.3, 0.4) is 0 Å². The third-order valence-electron chi connectivity index (χ3n) is 3.15. The Morgan fingerprint density at radius 3 is 2.32 bits per heavy atom. The van der Waals surface area contributed by atoms with Crippen molar-refractivity contribution in [3.63, 3.8) is 0 Å². The topological polar surface area (TPSA) is 12.0 Å². The highest BCUT2D eigenvalue weighted by Gasteiger charge is 1.97. The van der Waals surface area contributed by atoms with Crippen LogP contribution in [0.5, 0.6) is 0 Å². The summed E-state index contributed by atoms with van der Waals surface area (Å²) in [7, 11) is 0. The fourth-order valence-electron chi connectivity index (χ4n) is 1.92. The van der Waals surface area contributed by atoms with Crippen molar-refractivity contribution in [1.82, 2.24) is 5.32 Å². The zero-order chi connectivity index (χ0) is 13.9. The van der Waals surface area contributed by atoms with Crippen molar-refractivity contribution in [2.75, 3.05) is 5.75 Å². The first-order valence-corrected chi connectivity index (χ1v) is 8.66. The van der Waals surface area contributed by atoms with Gasteiger partial charge >= 0.3 is 0 Å². The first-order chi connectivity index (χ1) is 9.22. The van der Waals surface area contributed by atoms with Crippen molar-refractivity contribution < 1.29 is 0 Å². The van der Waals surface area contributed by atoms with Crippen molar-refractivity contribution >= 4 is 11.8 Å². The van der Waals surface area contributed by atoms with E-state index in [1.165, 1.54) is 48.3 Å². The van der Waals surface area contributed by atoms with Gasteiger partial charge in [-0.1, -0.05) is 58.6 Å². The van der Waals surface area contributed by atoms with Crippen molar-refractivity contribution in [3.05, 3.63) is 29.8 Å². The number of benzene rings is 1. The minimum absolute atomic E-state index is 0.553. The Hall–Kier alpha value is -0.470. The van der Waals surface area contributed by atoms with Gasteiger partial charge < -0.3 is 5.32 Å². The fraction of sp³-hybridized carbons (Fsp3) is 0.647. The van der Waals surface area contributed by atoms with Crippen molar-refractivity contribution in [1.29, 1.82) is 0 Å². The fourth-order valence-corrected chi connectivity index (χ4v) is 2.83. The Labute approximate surface area is 123 Å². The van der Waals surface area contributed by atoms with E-state index in [0.29, 0.717) is 6.04 Å². The molecule has 0 bridgehead atoms. The first-order valence-electron chi connectivity index (χ1n) is 7.67. The van der Waals surface area contributed by atoms with Crippen molar-refractivity contribution in [3.8, 4) is 0 Å². The summed E-state index contributed by atoms with van der Waals surface area (Å²) in [4.78, 5) is 1.41. The second-order valence-corrected chi connectivity index (χ2v) is 6.61. The van der Waals surface area contributed by atoms with Gasteiger partial charge in [-0.05, 0) is 29.9 Å². The largest absolute Gasteiger partial charge is 0.310 e. The summed E-state index contributed by atoms with van der Waals surface area (Å²) in [5.41, 5.74) is 1.38. The molecule has 0 fully saturated rings. The molecule has 1 rings (SSSR count). The molecule has 0 heterocycles. The van der Waals surface area contributed by atoms with E-state index in [2.05, 4.69) is 50.4 Å². The molecule has 0 aliphatic heterocycles. The number of thioether (sulfide) groups is 1. The van der Waals surface area contributed by atoms with E-state index in [4.69, 9.17) is 0 Å². The Morgan fingerprint density at radius 1 is 1.00 bits per heavy atom. The monoisotopic (exact) mass is 279 g/mol. The van der Waals surface area contributed by atoms with E-state index in [-0.39, 0.29) is 0 Å². The molecule has 0 atom stereocenters. The van der Waals surface area contributed by atoms with Crippen LogP contribution in [-0.2, 0) is 6.54 Å². The molecule has 2 heteroatoms. The smallest absolute Gasteiger partial charge is 0.0207 e. The normalized spacial score (nSPS) is 11.2. The number of unbranched alkanes of at least 4 members (excludes halogenated alkanes) is 4. The van der Waals surface area contributed by atoms with E-state index in [1.807, 2.05) is 11.8 Å². The molecule has 0 saturated heterocycles. The van der Waals surface area contributed by atoms with Gasteiger partial charge in [0.1, 0.15) is 0 Å². The van der Waals surface area contributed by atoms with E-state index >= 15 is 0 Å². The summed E-state index contributed by atoms with van der Waals surface area (Å²) in [5.74, 6) is 1.26. The zero-order valence-corrected chi connectivity index (χ0v) is 13.6. The predicted octanol–water partition coefficient (Wildman–Crippen LogP) is 5.25. The second kappa shape index (κ2) is 10.3. The first kappa shape index (κ1) is 16.6. The van der Waals surface area contributed by atoms with E-state index in [0.717, 1.165) is 6.54 Å². The molecule has 0 spiro atoms. The SMILES string of the molecule is CCCCCCCSc1ccc(CNC(C)C)cc1. The van der Waals surface area contributed by atoms with Gasteiger partial charge in [-0.3, -0.25) is 0 Å². The Kier molecular flexibility index (Phi) is 9.02. The van der Waals surface area contributed by atoms with Crippen molar-refractivity contribution in [2.45, 2.75) is 70.4 Å². The lowest BCUT2D eigenvalue weighted by Gasteiger charge is -2.08. The van der Waals surface area contributed by atoms with Crippen LogP contribution < -0.4 is 5.32 Å². The number of hydrogen-bond acceptors (Lipinski definition) is 2. The minimum atomic E-state index is 0.553. The molecule has 0 unspecified atom stereocenters. The molecular weight excluding hydrogens is 250 g/mol. The van der Waals surface area contributed by atoms with Gasteiger partial charge in [0.2, 0.25) is 0 Å². The maximum absolute atomic E-state index is 3.45. The number of nitrogens with one attached hydrogen (secondary N) is 1. The molecule has 0 saturated carbocycles. The van der Waals surface area contributed by atoms with Crippen LogP contribution in [0, 0.1) is 0 Å². The Morgan fingerprint density at radius 2 is 1.68 bits per heavy atom. The molecule has 0 radical (unpaired) electrons. The summed E-state index contributed by atoms with van der Waals surface area (Å²) in [6.07, 6.45) is 6.86. The van der Waals surface area contributed by atoms with Crippen LogP contribution in [-0.4, -0.2) is 11.8 Å². The highest BCUT2D eigenvalue weighted by Crippen LogP contribution is 2.20. The summed E-state index contributed by atoms with van der Waals surface area (Å²) in [6.45, 7) is 7.61. The molecule has 19 heavy (non-hydrogen) atoms. The van der Waals surface area contributed by atoms with Gasteiger partial charge in [0, 0.05) is 17.5 Å². The maximum atomic E-state index is 3.45. The van der Waals surface area contributed by atoms with Gasteiger partial charge in [0.25, 0.3) is 0 Å². The number of rotatable bonds is 10. The highest BCUT2D eigenvalue weighted by atomic mass is 32.2. The van der Waals surface area contributed by atoms with Gasteiger partial charge in [0.15, 0.2) is 0 Å². The summed E-state index contributed by atoms with van der Waals surface area (Å²) in [5, 5.41) is 3.45. The zero-order valence-electron chi connectivity index (χ0n) is 12.7. The summed E-state index contributed by atoms with van der Waals surface area (Å²) < 4.78 is 0. The maximum Gasteiger partial charge on any atom is 0.0207 e. The lowest BCUT2D eigenvalue weighted by molar-refractivity contribution is 0.588. The van der Waals surface area contributed by atoms with Crippen LogP contribution in [0.15, 0.2) is 29.2 Å². The Balaban J connectivity index is 2.17. The molecule has 0 amide bonds. The van der Waals surface area contributed by atoms with Crippen LogP contribution in [0.1, 0.15) is 58.4 Å². The third kappa shape index (κ3) is 8.33. The van der Waals surface area contributed by atoms with E-state index < -0.39 is 0 Å². The summed E-state index contributed by atoms with van der Waals surface area (Å²) in [6, 6.07) is 9.56. The molecule has 1 N–H and O–H groups in total. The van der Waals surface area contributed by atoms with Crippen LogP contribution in [0.4, 0.5) is 0 Å². The van der Waals surface area contributed by atoms with Crippen LogP contribution in [0.2, 0.25) is 0 Å². The van der Waals surface area contributed by atoms with Gasteiger partial charge in [-0.15, -0.1) is 11.8 Å². The van der Waals surface area contributed by atoms with Gasteiger partial charge in [-0.2, -0.15) is 0 Å². The standard InChI is InChI=1S/C17H29NS/c1-4-5-6-7-8-13-19-17-11-9-16(10-12-17)14-18-15(2)3/h9-12,15,18H,4-8,13-14H2,1-3H3. The van der Waals surface area contributed by atoms with Crippen LogP contribution in [0.25, 0.3) is 0 Å². The third-order valence-corrected chi connectivity index (χ3v) is 4.25. The Bertz CT molecular complexity index is 319. The molecular formula is C17H29NS. The summed E-state index contributed by atoms with van der Waals surface area (Å²) >= 11 is 1.99. The van der Waals surface area contributed by atoms with E-state index in [1.54, 1.807) is 0 Å². The lowest BCUT2D eigenvalue weighted by atomic mass is 10.2. The molecule has 1 aromatic rings. The minimum Gasteiger partial charge on any atom is -0.310 e. The second-order valence-electron chi connectivity index (χ2n) is 5.44. The molecule has 0 aliphatic rings. The average Bonchev–Trinajstić information content (AvgIpc) is 2.41. The molecule has 1 nitrogen and oxygen atoms in total. The number of hydrogen-bond donors (Lipinski definition) is 1. The van der Waals surface area contributed by atoms with Gasteiger partial charge in [0.05, 0.1) is 0 Å². The quantitative estimate of drug-likeness (QED) is 0.464. The molecule has 0 aliphatic carbocycles. The molecule has 108 valence electrons. The van der Waals surface area contributed by atoms with Gasteiger partial charge in [-0.25, -0.2) is 0 Å². The van der Waals surface area contributed by atoms with E-state index in [9.17, 15) is 0 Å². The van der Waals surface area contributed by atoms with Crippen LogP contribution >= 0.6 is 11.8 Å². The average molecular weight is 279 g/mol. The molecule has 1 aromatic carbocycles. The highest BCUT2D eigenvalue weighted by molar-refractivity contribution is 7.99. The predicted molar refractivity (Wildman–Crippen MR) is 87.9 cm³/mol.